The minimum Gasteiger partial charge on any atom is -0.310 e. The largest absolute Gasteiger partial charge is 0.310 e. The molecule has 0 aliphatic heterocycles. The summed E-state index contributed by atoms with van der Waals surface area (Å²) in [5.74, 6) is 0. The number of hydrogen-bond acceptors (Lipinski definition) is 2. The van der Waals surface area contributed by atoms with Gasteiger partial charge in [-0.25, -0.2) is 0 Å². The van der Waals surface area contributed by atoms with Crippen LogP contribution in [0.5, 0.6) is 0 Å². The molecule has 0 bridgehead atoms. The van der Waals surface area contributed by atoms with E-state index in [1.54, 1.807) is 0 Å². The molecule has 24 rings (SSSR count). The zero-order valence-electron chi connectivity index (χ0n) is 67.8. The summed E-state index contributed by atoms with van der Waals surface area (Å²) >= 11 is 0. The van der Waals surface area contributed by atoms with Crippen LogP contribution in [0.2, 0.25) is 0 Å². The summed E-state index contributed by atoms with van der Waals surface area (Å²) in [5, 5.41) is 19.4. The van der Waals surface area contributed by atoms with Gasteiger partial charge in [-0.05, 0) is 260 Å². The Morgan fingerprint density at radius 2 is 0.573 bits per heavy atom. The number of aromatic nitrogens is 2. The Hall–Kier alpha value is -16.4. The normalized spacial score (nSPS) is 11.7. The van der Waals surface area contributed by atoms with Gasteiger partial charge in [-0.3, -0.25) is 0 Å². The predicted molar refractivity (Wildman–Crippen MR) is 528 cm³/mol. The topological polar surface area (TPSA) is 16.3 Å². The summed E-state index contributed by atoms with van der Waals surface area (Å²) in [6, 6.07) is 175. The van der Waals surface area contributed by atoms with E-state index in [9.17, 15) is 0 Å². The van der Waals surface area contributed by atoms with E-state index < -0.39 is 0 Å². The van der Waals surface area contributed by atoms with Crippen molar-refractivity contribution < 1.29 is 0 Å². The van der Waals surface area contributed by atoms with Crippen molar-refractivity contribution in [3.63, 3.8) is 0 Å². The van der Waals surface area contributed by atoms with Crippen LogP contribution in [0.1, 0.15) is 0 Å². The van der Waals surface area contributed by atoms with Gasteiger partial charge < -0.3 is 18.9 Å². The van der Waals surface area contributed by atoms with Gasteiger partial charge >= 0.3 is 0 Å². The highest BCUT2D eigenvalue weighted by molar-refractivity contribution is 6.22. The van der Waals surface area contributed by atoms with Crippen molar-refractivity contribution >= 4 is 142 Å². The molecule has 0 amide bonds. The second-order valence-electron chi connectivity index (χ2n) is 32.7. The average Bonchev–Trinajstić information content (AvgIpc) is 1.72. The van der Waals surface area contributed by atoms with Crippen molar-refractivity contribution in [3.05, 3.63) is 473 Å². The van der Waals surface area contributed by atoms with Crippen molar-refractivity contribution in [1.29, 1.82) is 0 Å². The van der Waals surface area contributed by atoms with Gasteiger partial charge in [-0.1, -0.05) is 340 Å². The number of benzene rings is 22. The highest BCUT2D eigenvalue weighted by atomic mass is 15.2. The molecule has 0 radical (unpaired) electrons. The number of anilines is 6. The van der Waals surface area contributed by atoms with Crippen LogP contribution >= 0.6 is 0 Å². The third-order valence-electron chi connectivity index (χ3n) is 25.6. The second kappa shape index (κ2) is 29.8. The molecule has 0 fully saturated rings. The highest BCUT2D eigenvalue weighted by Crippen LogP contribution is 2.50. The van der Waals surface area contributed by atoms with E-state index in [0.29, 0.717) is 0 Å². The molecule has 0 saturated heterocycles. The fourth-order valence-corrected chi connectivity index (χ4v) is 19.7. The zero-order valence-corrected chi connectivity index (χ0v) is 67.8. The van der Waals surface area contributed by atoms with Crippen LogP contribution in [0.15, 0.2) is 473 Å². The molecule has 0 aliphatic carbocycles. The molecule has 0 N–H and O–H groups in total. The van der Waals surface area contributed by atoms with Gasteiger partial charge in [0.1, 0.15) is 0 Å². The van der Waals surface area contributed by atoms with Crippen LogP contribution in [0.4, 0.5) is 34.1 Å². The molecule has 4 heteroatoms. The van der Waals surface area contributed by atoms with E-state index >= 15 is 0 Å². The quantitative estimate of drug-likeness (QED) is 0.102. The molecule has 0 spiro atoms. The molecular formula is C120H78N4. The van der Waals surface area contributed by atoms with Gasteiger partial charge in [-0.2, -0.15) is 0 Å². The van der Waals surface area contributed by atoms with Crippen molar-refractivity contribution in [3.8, 4) is 89.3 Å². The number of hydrogen-bond donors (Lipinski definition) is 0. The molecule has 0 aliphatic rings. The maximum absolute atomic E-state index is 2.47. The Balaban J connectivity index is 0.607. The molecule has 124 heavy (non-hydrogen) atoms. The van der Waals surface area contributed by atoms with Crippen LogP contribution in [0.25, 0.3) is 198 Å². The van der Waals surface area contributed by atoms with E-state index in [0.717, 1.165) is 129 Å². The van der Waals surface area contributed by atoms with Crippen molar-refractivity contribution in [2.24, 2.45) is 0 Å². The van der Waals surface area contributed by atoms with Crippen LogP contribution in [0, 0.1) is 0 Å². The molecule has 2 heterocycles. The fourth-order valence-electron chi connectivity index (χ4n) is 19.7. The number of fused-ring (bicyclic) bond motifs is 13. The zero-order chi connectivity index (χ0) is 81.7. The number of rotatable bonds is 15. The summed E-state index contributed by atoms with van der Waals surface area (Å²) in [7, 11) is 0. The summed E-state index contributed by atoms with van der Waals surface area (Å²) in [4.78, 5) is 4.92. The summed E-state index contributed by atoms with van der Waals surface area (Å²) < 4.78 is 4.90. The Kier molecular flexibility index (Phi) is 17.2. The van der Waals surface area contributed by atoms with E-state index in [2.05, 4.69) is 492 Å². The number of para-hydroxylation sites is 3. The smallest absolute Gasteiger partial charge is 0.0547 e. The molecule has 4 nitrogen and oxygen atoms in total. The molecule has 0 atom stereocenters. The Bertz CT molecular complexity index is 8360. The van der Waals surface area contributed by atoms with E-state index in [4.69, 9.17) is 0 Å². The molecule has 0 saturated carbocycles. The number of nitrogens with zero attached hydrogens (tertiary/aromatic N) is 4. The third kappa shape index (κ3) is 12.4. The highest BCUT2D eigenvalue weighted by Gasteiger charge is 2.25. The summed E-state index contributed by atoms with van der Waals surface area (Å²) in [6.07, 6.45) is 0. The third-order valence-corrected chi connectivity index (χ3v) is 25.6. The predicted octanol–water partition coefficient (Wildman–Crippen LogP) is 33.4. The molecule has 22 aromatic carbocycles. The van der Waals surface area contributed by atoms with E-state index in [-0.39, 0.29) is 0 Å². The van der Waals surface area contributed by atoms with Crippen LogP contribution in [-0.4, -0.2) is 9.13 Å². The van der Waals surface area contributed by atoms with Gasteiger partial charge in [0.05, 0.1) is 39.1 Å². The molecule has 2 aromatic heterocycles. The van der Waals surface area contributed by atoms with Crippen LogP contribution in [0.3, 0.4) is 0 Å². The van der Waals surface area contributed by atoms with Gasteiger partial charge in [0.15, 0.2) is 0 Å². The minimum absolute atomic E-state index is 1.05. The molecule has 0 unspecified atom stereocenters. The second-order valence-corrected chi connectivity index (χ2v) is 32.7. The Morgan fingerprint density at radius 3 is 1.25 bits per heavy atom. The van der Waals surface area contributed by atoms with Crippen molar-refractivity contribution in [1.82, 2.24) is 9.13 Å². The maximum atomic E-state index is 2.47. The standard InChI is InChI=1S/C120H78N4/c1-3-24-79(25-4-1)88-33-21-36-99(73-88)121(97-60-54-82(55-61-97)89-34-22-37-100(74-89)123-115-47-20-17-44-110(115)120-105-40-12-11-30-85(105)59-67-118(120)123)116-68-66-103(95-53-49-81-27-8-10-32-87(81)71-95)111-76-92(58-64-109(111)116)91-50-51-93-77-112-108-43-16-19-46-114(108)124(119(112)78-96(93)72-91)101-38-23-35-90(75-101)83-56-62-98(63-57-83)122(113-45-18-15-39-104(113)84-28-5-2-6-29-84)117-69-65-102(106-41-13-14-42-107(106)117)94-52-48-80-26-7-9-31-86(80)70-94/h1-78H. The Labute approximate surface area is 718 Å². The maximum Gasteiger partial charge on any atom is 0.0547 e. The van der Waals surface area contributed by atoms with E-state index in [1.165, 1.54) is 103 Å². The van der Waals surface area contributed by atoms with Crippen LogP contribution < -0.4 is 9.80 Å². The first-order valence-corrected chi connectivity index (χ1v) is 42.7. The summed E-state index contributed by atoms with van der Waals surface area (Å²) in [5.41, 5.74) is 29.5. The first-order valence-electron chi connectivity index (χ1n) is 42.7. The van der Waals surface area contributed by atoms with Gasteiger partial charge in [0, 0.05) is 66.3 Å². The lowest BCUT2D eigenvalue weighted by Crippen LogP contribution is -2.12. The SMILES string of the molecule is c1ccc(-c2cccc(N(c3ccc(-c4cccc(-n5c6ccccc6c6c7ccccc7ccc65)c4)cc3)c3ccc(-c4ccc5ccccc5c4)c4cc(-c5ccc6cc7c8ccccc8n(-c8cccc(-c9ccc(N(c%10ccccc%10-c%10ccccc%10)c%10ccc(-c%11ccc%12ccccc%12c%11)c%11ccccc%10%11)cc9)c8)c7cc6c5)ccc34)c2)cc1. The van der Waals surface area contributed by atoms with Gasteiger partial charge in [-0.15, -0.1) is 0 Å². The van der Waals surface area contributed by atoms with Crippen molar-refractivity contribution in [2.45, 2.75) is 0 Å². The first-order chi connectivity index (χ1) is 61.5. The summed E-state index contributed by atoms with van der Waals surface area (Å²) in [6.45, 7) is 0. The minimum atomic E-state index is 1.05. The lowest BCUT2D eigenvalue weighted by Gasteiger charge is -2.29. The molecule has 24 aromatic rings. The molecule has 578 valence electrons. The van der Waals surface area contributed by atoms with Gasteiger partial charge in [0.25, 0.3) is 0 Å². The van der Waals surface area contributed by atoms with E-state index in [1.807, 2.05) is 0 Å². The van der Waals surface area contributed by atoms with Gasteiger partial charge in [0.2, 0.25) is 0 Å². The average molecular weight is 1580 g/mol. The lowest BCUT2D eigenvalue weighted by atomic mass is 9.91. The molecular weight excluding hydrogens is 1500 g/mol. The lowest BCUT2D eigenvalue weighted by molar-refractivity contribution is 1.18. The first kappa shape index (κ1) is 71.7. The monoisotopic (exact) mass is 1570 g/mol. The fraction of sp³-hybridized carbons (Fsp3) is 0. The van der Waals surface area contributed by atoms with Crippen LogP contribution in [-0.2, 0) is 0 Å². The van der Waals surface area contributed by atoms with Crippen molar-refractivity contribution in [2.75, 3.05) is 9.80 Å². The Morgan fingerprint density at radius 1 is 0.145 bits per heavy atom.